The number of nitrogens with zero attached hydrogens (tertiary/aromatic N) is 2. The van der Waals surface area contributed by atoms with Crippen LogP contribution in [0.1, 0.15) is 11.1 Å². The molecule has 1 N–H and O–H groups in total. The molecule has 0 unspecified atom stereocenters. The Morgan fingerprint density at radius 1 is 1.47 bits per heavy atom. The third-order valence-corrected chi connectivity index (χ3v) is 2.34. The zero-order chi connectivity index (χ0) is 12.8. The van der Waals surface area contributed by atoms with Gasteiger partial charge < -0.3 is 10.0 Å². The second-order valence-corrected chi connectivity index (χ2v) is 3.69. The van der Waals surface area contributed by atoms with Crippen LogP contribution in [0.2, 0.25) is 0 Å². The van der Waals surface area contributed by atoms with Crippen molar-refractivity contribution < 1.29 is 13.9 Å². The van der Waals surface area contributed by atoms with Crippen LogP contribution in [0.5, 0.6) is 0 Å². The van der Waals surface area contributed by atoms with Gasteiger partial charge in [-0.3, -0.25) is 0 Å². The molecular formula is C12H14F2N2O. The van der Waals surface area contributed by atoms with E-state index in [9.17, 15) is 8.78 Å². The van der Waals surface area contributed by atoms with Crippen LogP contribution in [-0.2, 0) is 0 Å². The summed E-state index contributed by atoms with van der Waals surface area (Å²) in [6, 6.07) is 7.01. The Kier molecular flexibility index (Phi) is 4.85. The highest BCUT2D eigenvalue weighted by Gasteiger charge is 2.15. The van der Waals surface area contributed by atoms with Gasteiger partial charge in [0.25, 0.3) is 6.43 Å². The van der Waals surface area contributed by atoms with E-state index in [0.717, 1.165) is 5.56 Å². The molecule has 0 saturated carbocycles. The molecule has 0 spiro atoms. The second kappa shape index (κ2) is 6.16. The summed E-state index contributed by atoms with van der Waals surface area (Å²) in [6.45, 7) is 1.19. The Labute approximate surface area is 98.9 Å². The number of benzene rings is 1. The first-order chi connectivity index (χ1) is 8.08. The number of halogens is 2. The molecule has 0 aromatic heterocycles. The van der Waals surface area contributed by atoms with E-state index in [1.165, 1.54) is 4.90 Å². The number of rotatable bonds is 5. The fourth-order valence-electron chi connectivity index (χ4n) is 1.61. The van der Waals surface area contributed by atoms with Crippen LogP contribution in [0.4, 0.5) is 14.5 Å². The van der Waals surface area contributed by atoms with E-state index in [2.05, 4.69) is 0 Å². The predicted molar refractivity (Wildman–Crippen MR) is 61.2 cm³/mol. The minimum Gasteiger partial charge on any atom is -0.395 e. The molecule has 3 nitrogen and oxygen atoms in total. The maximum absolute atomic E-state index is 12.4. The molecule has 0 aliphatic rings. The monoisotopic (exact) mass is 240 g/mol. The number of hydrogen-bond acceptors (Lipinski definition) is 3. The van der Waals surface area contributed by atoms with E-state index in [1.807, 2.05) is 13.0 Å². The smallest absolute Gasteiger partial charge is 0.255 e. The van der Waals surface area contributed by atoms with Crippen LogP contribution < -0.4 is 4.90 Å². The van der Waals surface area contributed by atoms with Crippen molar-refractivity contribution in [1.82, 2.24) is 0 Å². The zero-order valence-corrected chi connectivity index (χ0v) is 9.53. The van der Waals surface area contributed by atoms with E-state index in [0.29, 0.717) is 11.3 Å². The second-order valence-electron chi connectivity index (χ2n) is 3.69. The SMILES string of the molecule is Cc1ccc(N(CCO)CC(F)F)c(C#N)c1. The third-order valence-electron chi connectivity index (χ3n) is 2.34. The lowest BCUT2D eigenvalue weighted by Gasteiger charge is -2.24. The summed E-state index contributed by atoms with van der Waals surface area (Å²) >= 11 is 0. The Morgan fingerprint density at radius 3 is 2.71 bits per heavy atom. The molecule has 5 heteroatoms. The molecule has 1 aromatic rings. The van der Waals surface area contributed by atoms with Crippen molar-refractivity contribution in [2.24, 2.45) is 0 Å². The van der Waals surface area contributed by atoms with E-state index in [1.54, 1.807) is 18.2 Å². The van der Waals surface area contributed by atoms with Crippen molar-refractivity contribution in [3.8, 4) is 6.07 Å². The van der Waals surface area contributed by atoms with E-state index in [-0.39, 0.29) is 13.2 Å². The fraction of sp³-hybridized carbons (Fsp3) is 0.417. The number of hydrogen-bond donors (Lipinski definition) is 1. The van der Waals surface area contributed by atoms with Crippen molar-refractivity contribution in [2.75, 3.05) is 24.6 Å². The Hall–Kier alpha value is -1.67. The highest BCUT2D eigenvalue weighted by atomic mass is 19.3. The highest BCUT2D eigenvalue weighted by Crippen LogP contribution is 2.21. The molecule has 17 heavy (non-hydrogen) atoms. The number of alkyl halides is 2. The van der Waals surface area contributed by atoms with Gasteiger partial charge in [0.2, 0.25) is 0 Å². The van der Waals surface area contributed by atoms with Crippen molar-refractivity contribution in [3.63, 3.8) is 0 Å². The average molecular weight is 240 g/mol. The maximum atomic E-state index is 12.4. The molecule has 0 bridgehead atoms. The van der Waals surface area contributed by atoms with Gasteiger partial charge in [-0.15, -0.1) is 0 Å². The molecule has 92 valence electrons. The summed E-state index contributed by atoms with van der Waals surface area (Å²) in [5.74, 6) is 0. The van der Waals surface area contributed by atoms with Gasteiger partial charge in [0, 0.05) is 6.54 Å². The topological polar surface area (TPSA) is 47.3 Å². The molecule has 0 amide bonds. The first kappa shape index (κ1) is 13.4. The minimum absolute atomic E-state index is 0.0854. The molecular weight excluding hydrogens is 226 g/mol. The molecule has 1 rings (SSSR count). The van der Waals surface area contributed by atoms with Crippen LogP contribution in [0.3, 0.4) is 0 Å². The number of aliphatic hydroxyl groups is 1. The Balaban J connectivity index is 3.05. The van der Waals surface area contributed by atoms with Gasteiger partial charge in [0.05, 0.1) is 24.4 Å². The van der Waals surface area contributed by atoms with Crippen LogP contribution in [-0.4, -0.2) is 31.2 Å². The molecule has 0 atom stereocenters. The van der Waals surface area contributed by atoms with Gasteiger partial charge >= 0.3 is 0 Å². The van der Waals surface area contributed by atoms with Crippen LogP contribution in [0, 0.1) is 18.3 Å². The van der Waals surface area contributed by atoms with E-state index >= 15 is 0 Å². The van der Waals surface area contributed by atoms with Gasteiger partial charge in [-0.1, -0.05) is 6.07 Å². The van der Waals surface area contributed by atoms with Gasteiger partial charge in [-0.2, -0.15) is 5.26 Å². The first-order valence-corrected chi connectivity index (χ1v) is 5.23. The molecule has 0 aliphatic heterocycles. The lowest BCUT2D eigenvalue weighted by molar-refractivity contribution is 0.153. The highest BCUT2D eigenvalue weighted by molar-refractivity contribution is 5.60. The fourth-order valence-corrected chi connectivity index (χ4v) is 1.61. The molecule has 0 heterocycles. The molecule has 0 fully saturated rings. The summed E-state index contributed by atoms with van der Waals surface area (Å²) in [5.41, 5.74) is 1.68. The lowest BCUT2D eigenvalue weighted by atomic mass is 10.1. The summed E-state index contributed by atoms with van der Waals surface area (Å²) in [4.78, 5) is 1.32. The summed E-state index contributed by atoms with van der Waals surface area (Å²) in [5, 5.41) is 17.8. The maximum Gasteiger partial charge on any atom is 0.255 e. The normalized spacial score (nSPS) is 10.4. The van der Waals surface area contributed by atoms with Gasteiger partial charge in [-0.05, 0) is 24.6 Å². The number of anilines is 1. The number of aryl methyl sites for hydroxylation is 1. The number of aliphatic hydroxyl groups excluding tert-OH is 1. The van der Waals surface area contributed by atoms with Gasteiger partial charge in [0.15, 0.2) is 0 Å². The average Bonchev–Trinajstić information content (AvgIpc) is 2.27. The van der Waals surface area contributed by atoms with Crippen LogP contribution in [0.15, 0.2) is 18.2 Å². The predicted octanol–water partition coefficient (Wildman–Crippen LogP) is 1.93. The summed E-state index contributed by atoms with van der Waals surface area (Å²) < 4.78 is 24.8. The molecule has 1 aromatic carbocycles. The van der Waals surface area contributed by atoms with E-state index in [4.69, 9.17) is 10.4 Å². The summed E-state index contributed by atoms with van der Waals surface area (Å²) in [6.07, 6.45) is -2.51. The third kappa shape index (κ3) is 3.68. The molecule has 0 radical (unpaired) electrons. The van der Waals surface area contributed by atoms with Crippen LogP contribution in [0.25, 0.3) is 0 Å². The van der Waals surface area contributed by atoms with Crippen molar-refractivity contribution in [1.29, 1.82) is 5.26 Å². The molecule has 0 aliphatic carbocycles. The Morgan fingerprint density at radius 2 is 2.18 bits per heavy atom. The van der Waals surface area contributed by atoms with Crippen molar-refractivity contribution in [3.05, 3.63) is 29.3 Å². The lowest BCUT2D eigenvalue weighted by Crippen LogP contribution is -2.32. The zero-order valence-electron chi connectivity index (χ0n) is 9.53. The minimum atomic E-state index is -2.51. The van der Waals surface area contributed by atoms with Crippen molar-refractivity contribution in [2.45, 2.75) is 13.3 Å². The number of nitriles is 1. The van der Waals surface area contributed by atoms with Gasteiger partial charge in [-0.25, -0.2) is 8.78 Å². The quantitative estimate of drug-likeness (QED) is 0.855. The summed E-state index contributed by atoms with van der Waals surface area (Å²) in [7, 11) is 0. The largest absolute Gasteiger partial charge is 0.395 e. The van der Waals surface area contributed by atoms with Crippen molar-refractivity contribution >= 4 is 5.69 Å². The van der Waals surface area contributed by atoms with E-state index < -0.39 is 13.0 Å². The van der Waals surface area contributed by atoms with Crippen LogP contribution >= 0.6 is 0 Å². The Bertz CT molecular complexity index is 415. The standard InChI is InChI=1S/C12H14F2N2O/c1-9-2-3-11(10(6-9)7-15)16(4-5-17)8-12(13)14/h2-3,6,12,17H,4-5,8H2,1H3. The van der Waals surface area contributed by atoms with Gasteiger partial charge in [0.1, 0.15) is 6.07 Å². The first-order valence-electron chi connectivity index (χ1n) is 5.23. The molecule has 0 saturated heterocycles.